The molecule has 0 fully saturated rings. The number of amides is 4. The number of rotatable bonds is 6. The van der Waals surface area contributed by atoms with Crippen LogP contribution < -0.4 is 33.6 Å². The van der Waals surface area contributed by atoms with Gasteiger partial charge >= 0.3 is 17.8 Å². The molecule has 0 aliphatic carbocycles. The molecule has 6 N–H and O–H groups in total. The van der Waals surface area contributed by atoms with Crippen molar-refractivity contribution in [3.05, 3.63) is 33.1 Å². The molecule has 12 nitrogen and oxygen atoms in total. The SMILES string of the molecule is NC(=O)N/N=C/Cn1ccc(=O)n(C/C=N/NC(N)=O)c1=O. The van der Waals surface area contributed by atoms with Crippen LogP contribution in [0.25, 0.3) is 0 Å². The zero-order valence-corrected chi connectivity index (χ0v) is 11.3. The number of carbonyl (C=O) groups is 2. The third-order valence-corrected chi connectivity index (χ3v) is 2.21. The summed E-state index contributed by atoms with van der Waals surface area (Å²) >= 11 is 0. The summed E-state index contributed by atoms with van der Waals surface area (Å²) < 4.78 is 2.05. The van der Waals surface area contributed by atoms with Gasteiger partial charge in [-0.1, -0.05) is 0 Å². The molecule has 1 heterocycles. The average Bonchev–Trinajstić information content (AvgIpc) is 2.44. The predicted molar refractivity (Wildman–Crippen MR) is 77.4 cm³/mol. The van der Waals surface area contributed by atoms with Gasteiger partial charge in [0.2, 0.25) is 0 Å². The fourth-order valence-electron chi connectivity index (χ4n) is 1.33. The van der Waals surface area contributed by atoms with E-state index in [2.05, 4.69) is 10.2 Å². The smallest absolute Gasteiger partial charge is 0.332 e. The molecule has 0 bridgehead atoms. The van der Waals surface area contributed by atoms with E-state index in [9.17, 15) is 19.2 Å². The predicted octanol–water partition coefficient (Wildman–Crippen LogP) is -2.68. The Morgan fingerprint density at radius 2 is 1.64 bits per heavy atom. The lowest BCUT2D eigenvalue weighted by atomic mass is 10.5. The van der Waals surface area contributed by atoms with Gasteiger partial charge < -0.3 is 11.5 Å². The Labute approximate surface area is 123 Å². The number of urea groups is 2. The maximum Gasteiger partial charge on any atom is 0.332 e. The molecule has 1 aromatic rings. The van der Waals surface area contributed by atoms with Crippen LogP contribution in [0.3, 0.4) is 0 Å². The molecule has 0 aliphatic rings. The Morgan fingerprint density at radius 3 is 2.18 bits per heavy atom. The van der Waals surface area contributed by atoms with Crippen LogP contribution in [-0.2, 0) is 13.1 Å². The number of hydrazone groups is 2. The second-order valence-corrected chi connectivity index (χ2v) is 3.77. The van der Waals surface area contributed by atoms with Crippen LogP contribution in [0.15, 0.2) is 32.1 Å². The number of hydrogen-bond donors (Lipinski definition) is 4. The fraction of sp³-hybridized carbons (Fsp3) is 0.200. The van der Waals surface area contributed by atoms with Crippen LogP contribution in [0.5, 0.6) is 0 Å². The Kier molecular flexibility index (Phi) is 6.03. The van der Waals surface area contributed by atoms with Crippen molar-refractivity contribution in [1.82, 2.24) is 20.0 Å². The zero-order valence-electron chi connectivity index (χ0n) is 11.3. The van der Waals surface area contributed by atoms with E-state index in [1.165, 1.54) is 23.0 Å². The van der Waals surface area contributed by atoms with Crippen LogP contribution in [-0.4, -0.2) is 33.6 Å². The maximum atomic E-state index is 12.0. The van der Waals surface area contributed by atoms with Crippen LogP contribution >= 0.6 is 0 Å². The highest BCUT2D eigenvalue weighted by atomic mass is 16.2. The van der Waals surface area contributed by atoms with Crippen molar-refractivity contribution in [3.63, 3.8) is 0 Å². The van der Waals surface area contributed by atoms with Crippen molar-refractivity contribution in [3.8, 4) is 0 Å². The minimum atomic E-state index is -0.868. The van der Waals surface area contributed by atoms with E-state index < -0.39 is 23.3 Å². The van der Waals surface area contributed by atoms with Gasteiger partial charge in [-0.25, -0.2) is 25.2 Å². The first kappa shape index (κ1) is 16.6. The van der Waals surface area contributed by atoms with Gasteiger partial charge in [0.05, 0.1) is 13.1 Å². The molecule has 0 spiro atoms. The molecule has 12 heteroatoms. The monoisotopic (exact) mass is 310 g/mol. The minimum absolute atomic E-state index is 0.00999. The Hall–Kier alpha value is -3.44. The second-order valence-electron chi connectivity index (χ2n) is 3.77. The van der Waals surface area contributed by atoms with Gasteiger partial charge in [0.1, 0.15) is 0 Å². The van der Waals surface area contributed by atoms with Gasteiger partial charge in [0.15, 0.2) is 0 Å². The first-order chi connectivity index (χ1) is 10.4. The van der Waals surface area contributed by atoms with E-state index >= 15 is 0 Å². The van der Waals surface area contributed by atoms with Gasteiger partial charge in [0, 0.05) is 24.7 Å². The molecular formula is C10H14N8O4. The van der Waals surface area contributed by atoms with E-state index in [-0.39, 0.29) is 13.1 Å². The van der Waals surface area contributed by atoms with E-state index in [4.69, 9.17) is 11.5 Å². The van der Waals surface area contributed by atoms with Crippen molar-refractivity contribution in [2.45, 2.75) is 13.1 Å². The van der Waals surface area contributed by atoms with E-state index in [0.29, 0.717) is 0 Å². The van der Waals surface area contributed by atoms with Crippen molar-refractivity contribution in [2.24, 2.45) is 21.7 Å². The summed E-state index contributed by atoms with van der Waals surface area (Å²) in [7, 11) is 0. The Morgan fingerprint density at radius 1 is 1.09 bits per heavy atom. The van der Waals surface area contributed by atoms with Crippen molar-refractivity contribution >= 4 is 24.5 Å². The van der Waals surface area contributed by atoms with E-state index in [0.717, 1.165) is 10.8 Å². The Bertz CT molecular complexity index is 716. The largest absolute Gasteiger partial charge is 0.350 e. The molecule has 0 saturated carbocycles. The topological polar surface area (TPSA) is 179 Å². The number of hydrogen-bond acceptors (Lipinski definition) is 6. The van der Waals surface area contributed by atoms with E-state index in [1.807, 2.05) is 10.9 Å². The standard InChI is InChI=1S/C10H14N8O4/c11-8(20)15-13-2-5-17-4-1-7(19)18(10(17)22)6-3-14-16-9(12)21/h1-4H,5-6H2,(H3,11,15,20)(H3,12,16,21)/b13-2+,14-3+. The van der Waals surface area contributed by atoms with Crippen LogP contribution in [0.4, 0.5) is 9.59 Å². The first-order valence-corrected chi connectivity index (χ1v) is 5.86. The molecule has 0 aliphatic heterocycles. The maximum absolute atomic E-state index is 12.0. The molecule has 0 atom stereocenters. The highest BCUT2D eigenvalue weighted by Gasteiger charge is 2.03. The van der Waals surface area contributed by atoms with Crippen molar-refractivity contribution in [2.75, 3.05) is 0 Å². The van der Waals surface area contributed by atoms with Gasteiger partial charge in [-0.15, -0.1) is 0 Å². The summed E-state index contributed by atoms with van der Waals surface area (Å²) in [6.07, 6.45) is 3.64. The third kappa shape index (κ3) is 5.28. The number of nitrogens with one attached hydrogen (secondary N) is 2. The summed E-state index contributed by atoms with van der Waals surface area (Å²) in [6, 6.07) is -0.537. The van der Waals surface area contributed by atoms with Crippen molar-refractivity contribution < 1.29 is 9.59 Å². The molecule has 0 aromatic carbocycles. The van der Waals surface area contributed by atoms with Gasteiger partial charge in [-0.05, 0) is 0 Å². The summed E-state index contributed by atoms with van der Waals surface area (Å²) in [5.41, 5.74) is 12.3. The molecule has 118 valence electrons. The number of nitrogens with zero attached hydrogens (tertiary/aromatic N) is 4. The number of aromatic nitrogens is 2. The lowest BCUT2D eigenvalue weighted by Gasteiger charge is -2.05. The lowest BCUT2D eigenvalue weighted by molar-refractivity contribution is 0.248. The second kappa shape index (κ2) is 7.98. The van der Waals surface area contributed by atoms with E-state index in [1.54, 1.807) is 0 Å². The lowest BCUT2D eigenvalue weighted by Crippen LogP contribution is -2.39. The number of nitrogens with two attached hydrogens (primary N) is 2. The highest BCUT2D eigenvalue weighted by molar-refractivity contribution is 5.73. The zero-order chi connectivity index (χ0) is 16.5. The molecule has 0 saturated heterocycles. The third-order valence-electron chi connectivity index (χ3n) is 2.21. The highest BCUT2D eigenvalue weighted by Crippen LogP contribution is 1.78. The summed E-state index contributed by atoms with van der Waals surface area (Å²) in [4.78, 5) is 44.4. The molecule has 22 heavy (non-hydrogen) atoms. The molecule has 1 aromatic heterocycles. The molecular weight excluding hydrogens is 296 g/mol. The van der Waals surface area contributed by atoms with Gasteiger partial charge in [0.25, 0.3) is 5.56 Å². The van der Waals surface area contributed by atoms with Crippen molar-refractivity contribution in [1.29, 1.82) is 0 Å². The number of primary amides is 2. The molecule has 0 unspecified atom stereocenters. The molecule has 4 amide bonds. The quantitative estimate of drug-likeness (QED) is 0.330. The average molecular weight is 310 g/mol. The molecule has 1 rings (SSSR count). The Balaban J connectivity index is 2.84. The summed E-state index contributed by atoms with van der Waals surface area (Å²) in [5, 5.41) is 6.90. The summed E-state index contributed by atoms with van der Waals surface area (Å²) in [6.45, 7) is -0.147. The van der Waals surface area contributed by atoms with Gasteiger partial charge in [-0.3, -0.25) is 13.9 Å². The van der Waals surface area contributed by atoms with Crippen LogP contribution in [0, 0.1) is 0 Å². The fourth-order valence-corrected chi connectivity index (χ4v) is 1.33. The van der Waals surface area contributed by atoms with Crippen LogP contribution in [0.1, 0.15) is 0 Å². The minimum Gasteiger partial charge on any atom is -0.350 e. The molecule has 0 radical (unpaired) electrons. The number of carbonyl (C=O) groups excluding carboxylic acids is 2. The van der Waals surface area contributed by atoms with Crippen LogP contribution in [0.2, 0.25) is 0 Å². The van der Waals surface area contributed by atoms with Gasteiger partial charge in [-0.2, -0.15) is 10.2 Å². The normalized spacial score (nSPS) is 10.9. The first-order valence-electron chi connectivity index (χ1n) is 5.86. The summed E-state index contributed by atoms with van der Waals surface area (Å²) in [5.74, 6) is 0.